The van der Waals surface area contributed by atoms with Gasteiger partial charge < -0.3 is 9.84 Å². The number of fused-ring (bicyclic) bond motifs is 4. The highest BCUT2D eigenvalue weighted by atomic mass is 16.5. The predicted molar refractivity (Wildman–Crippen MR) is 129 cm³/mol. The van der Waals surface area contributed by atoms with Crippen LogP contribution in [0.5, 0.6) is 0 Å². The van der Waals surface area contributed by atoms with Crippen molar-refractivity contribution in [1.82, 2.24) is 9.88 Å². The number of esters is 1. The minimum Gasteiger partial charge on any atom is -0.452 e. The van der Waals surface area contributed by atoms with E-state index >= 15 is 0 Å². The molecule has 2 bridgehead atoms. The minimum atomic E-state index is -0.424. The van der Waals surface area contributed by atoms with E-state index in [1.54, 1.807) is 6.20 Å². The zero-order valence-corrected chi connectivity index (χ0v) is 19.0. The van der Waals surface area contributed by atoms with Crippen LogP contribution < -0.4 is 0 Å². The van der Waals surface area contributed by atoms with Crippen LogP contribution in [0.4, 0.5) is 0 Å². The number of aliphatic hydroxyl groups is 1. The van der Waals surface area contributed by atoms with Crippen molar-refractivity contribution >= 4 is 16.9 Å². The molecule has 2 aromatic carbocycles. The summed E-state index contributed by atoms with van der Waals surface area (Å²) >= 11 is 0. The van der Waals surface area contributed by atoms with Crippen LogP contribution in [0.1, 0.15) is 46.0 Å². The van der Waals surface area contributed by atoms with Gasteiger partial charge in [-0.1, -0.05) is 29.8 Å². The fraction of sp³-hybridized carbons (Fsp3) is 0.357. The monoisotopic (exact) mass is 442 g/mol. The molecule has 5 heteroatoms. The summed E-state index contributed by atoms with van der Waals surface area (Å²) in [6.45, 7) is 7.95. The number of rotatable bonds is 6. The molecule has 0 spiro atoms. The second kappa shape index (κ2) is 9.08. The third kappa shape index (κ3) is 4.19. The van der Waals surface area contributed by atoms with Gasteiger partial charge in [0.05, 0.1) is 23.7 Å². The molecule has 3 saturated heterocycles. The Balaban J connectivity index is 1.56. The largest absolute Gasteiger partial charge is 0.452 e. The summed E-state index contributed by atoms with van der Waals surface area (Å²) in [6, 6.07) is 15.3. The lowest BCUT2D eigenvalue weighted by Gasteiger charge is -2.51. The van der Waals surface area contributed by atoms with E-state index in [9.17, 15) is 9.90 Å². The van der Waals surface area contributed by atoms with Crippen LogP contribution >= 0.6 is 0 Å². The Kier molecular flexibility index (Phi) is 6.00. The zero-order valence-electron chi connectivity index (χ0n) is 19.0. The number of carbonyl (C=O) groups is 1. The Morgan fingerprint density at radius 3 is 2.79 bits per heavy atom. The van der Waals surface area contributed by atoms with Crippen LogP contribution in [0.2, 0.25) is 0 Å². The van der Waals surface area contributed by atoms with E-state index in [0.717, 1.165) is 53.5 Å². The number of ether oxygens (including phenoxy) is 1. The number of piperidine rings is 3. The number of aliphatic hydroxyl groups excluding tert-OH is 1. The van der Waals surface area contributed by atoms with Crippen LogP contribution in [0.3, 0.4) is 0 Å². The molecule has 0 aliphatic carbocycles. The lowest BCUT2D eigenvalue weighted by Crippen LogP contribution is -2.55. The maximum Gasteiger partial charge on any atom is 0.338 e. The van der Waals surface area contributed by atoms with E-state index < -0.39 is 6.10 Å². The molecule has 0 amide bonds. The molecule has 3 aliphatic rings. The molecule has 33 heavy (non-hydrogen) atoms. The summed E-state index contributed by atoms with van der Waals surface area (Å²) in [4.78, 5) is 20.2. The summed E-state index contributed by atoms with van der Waals surface area (Å²) < 4.78 is 6.31. The van der Waals surface area contributed by atoms with Crippen molar-refractivity contribution in [2.45, 2.75) is 38.5 Å². The maximum absolute atomic E-state index is 13.3. The van der Waals surface area contributed by atoms with Crippen molar-refractivity contribution in [3.05, 3.63) is 89.6 Å². The lowest BCUT2D eigenvalue weighted by molar-refractivity contribution is -0.0568. The molecule has 3 fully saturated rings. The summed E-state index contributed by atoms with van der Waals surface area (Å²) in [5.41, 5.74) is 4.26. The fourth-order valence-corrected chi connectivity index (χ4v) is 5.48. The molecule has 5 atom stereocenters. The molecule has 3 unspecified atom stereocenters. The number of carbonyl (C=O) groups excluding carboxylic acids is 1. The SMILES string of the molecule is C=C[C@H]1CN2CCC1C[C@H]2C(OC(=O)c1ccc(C)cc1)c1ccnc2ccc(CO)cc12. The van der Waals surface area contributed by atoms with E-state index in [-0.39, 0.29) is 18.6 Å². The minimum absolute atomic E-state index is 0.0449. The molecule has 170 valence electrons. The average Bonchev–Trinajstić information content (AvgIpc) is 2.87. The van der Waals surface area contributed by atoms with Gasteiger partial charge in [0.2, 0.25) is 0 Å². The number of hydrogen-bond acceptors (Lipinski definition) is 5. The van der Waals surface area contributed by atoms with Gasteiger partial charge in [-0.25, -0.2) is 4.79 Å². The first-order chi connectivity index (χ1) is 16.1. The first-order valence-corrected chi connectivity index (χ1v) is 11.7. The van der Waals surface area contributed by atoms with Crippen LogP contribution in [-0.2, 0) is 11.3 Å². The highest BCUT2D eigenvalue weighted by Gasteiger charge is 2.44. The van der Waals surface area contributed by atoms with Gasteiger partial charge in [0.15, 0.2) is 0 Å². The fourth-order valence-electron chi connectivity index (χ4n) is 5.48. The zero-order chi connectivity index (χ0) is 22.9. The first-order valence-electron chi connectivity index (χ1n) is 11.7. The van der Waals surface area contributed by atoms with Crippen LogP contribution in [0, 0.1) is 18.8 Å². The van der Waals surface area contributed by atoms with Crippen molar-refractivity contribution in [3.8, 4) is 0 Å². The predicted octanol–water partition coefficient (Wildman–Crippen LogP) is 4.83. The maximum atomic E-state index is 13.3. The molecule has 6 rings (SSSR count). The molecule has 3 aromatic rings. The summed E-state index contributed by atoms with van der Waals surface area (Å²) in [5.74, 6) is 0.726. The lowest BCUT2D eigenvalue weighted by atomic mass is 9.73. The van der Waals surface area contributed by atoms with Gasteiger partial charge in [-0.05, 0) is 74.0 Å². The second-order valence-corrected chi connectivity index (χ2v) is 9.35. The molecule has 5 nitrogen and oxygen atoms in total. The average molecular weight is 443 g/mol. The number of aromatic nitrogens is 1. The summed E-state index contributed by atoms with van der Waals surface area (Å²) in [7, 11) is 0. The van der Waals surface area contributed by atoms with Gasteiger partial charge in [0.25, 0.3) is 0 Å². The molecular weight excluding hydrogens is 412 g/mol. The molecule has 4 heterocycles. The van der Waals surface area contributed by atoms with Crippen molar-refractivity contribution in [2.75, 3.05) is 13.1 Å². The van der Waals surface area contributed by atoms with Gasteiger partial charge in [0, 0.05) is 23.7 Å². The van der Waals surface area contributed by atoms with Crippen LogP contribution in [0.15, 0.2) is 67.4 Å². The Hall–Kier alpha value is -3.02. The highest BCUT2D eigenvalue weighted by Crippen LogP contribution is 2.43. The highest BCUT2D eigenvalue weighted by molar-refractivity contribution is 5.90. The second-order valence-electron chi connectivity index (χ2n) is 9.35. The Bertz CT molecular complexity index is 1170. The van der Waals surface area contributed by atoms with Crippen molar-refractivity contribution in [2.24, 2.45) is 11.8 Å². The molecule has 0 saturated carbocycles. The van der Waals surface area contributed by atoms with E-state index in [4.69, 9.17) is 4.74 Å². The van der Waals surface area contributed by atoms with E-state index in [0.29, 0.717) is 17.4 Å². The van der Waals surface area contributed by atoms with Crippen molar-refractivity contribution in [1.29, 1.82) is 0 Å². The molecular formula is C28H30N2O3. The van der Waals surface area contributed by atoms with Gasteiger partial charge in [-0.2, -0.15) is 0 Å². The van der Waals surface area contributed by atoms with Crippen molar-refractivity contribution < 1.29 is 14.6 Å². The van der Waals surface area contributed by atoms with Gasteiger partial charge >= 0.3 is 5.97 Å². The normalized spacial score (nSPS) is 25.0. The van der Waals surface area contributed by atoms with E-state index in [1.165, 1.54) is 0 Å². The third-order valence-corrected chi connectivity index (χ3v) is 7.35. The Morgan fingerprint density at radius 1 is 1.27 bits per heavy atom. The standard InChI is InChI=1S/C28H30N2O3/c1-3-20-16-30-13-11-22(20)15-26(30)27(33-28(32)21-7-4-18(2)5-8-21)23-10-12-29-25-9-6-19(17-31)14-24(23)25/h3-10,12,14,20,22,26-27,31H,1,11,13,15-17H2,2H3/t20-,22?,26-,27?/m0/s1. The number of pyridine rings is 1. The molecule has 1 aromatic heterocycles. The van der Waals surface area contributed by atoms with Gasteiger partial charge in [-0.15, -0.1) is 6.58 Å². The Labute approximate surface area is 194 Å². The Morgan fingerprint density at radius 2 is 2.09 bits per heavy atom. The summed E-state index contributed by atoms with van der Waals surface area (Å²) in [5, 5.41) is 10.6. The number of nitrogens with zero attached hydrogens (tertiary/aromatic N) is 2. The third-order valence-electron chi connectivity index (χ3n) is 7.35. The molecule has 3 aliphatic heterocycles. The van der Waals surface area contributed by atoms with E-state index in [2.05, 4.69) is 22.5 Å². The van der Waals surface area contributed by atoms with Gasteiger partial charge in [-0.3, -0.25) is 9.88 Å². The van der Waals surface area contributed by atoms with E-state index in [1.807, 2.05) is 55.5 Å². The van der Waals surface area contributed by atoms with Crippen molar-refractivity contribution in [3.63, 3.8) is 0 Å². The molecule has 1 N–H and O–H groups in total. The summed E-state index contributed by atoms with van der Waals surface area (Å²) in [6.07, 6.45) is 5.55. The number of hydrogen-bond donors (Lipinski definition) is 1. The smallest absolute Gasteiger partial charge is 0.338 e. The quantitative estimate of drug-likeness (QED) is 0.438. The molecule has 0 radical (unpaired) electrons. The first kappa shape index (κ1) is 21.8. The van der Waals surface area contributed by atoms with Crippen LogP contribution in [-0.4, -0.2) is 40.1 Å². The number of aryl methyl sites for hydroxylation is 1. The van der Waals surface area contributed by atoms with Crippen LogP contribution in [0.25, 0.3) is 10.9 Å². The van der Waals surface area contributed by atoms with Gasteiger partial charge in [0.1, 0.15) is 6.10 Å². The number of benzene rings is 2. The topological polar surface area (TPSA) is 62.7 Å².